The Kier molecular flexibility index (Phi) is 9.50. The fraction of sp³-hybridized carbons (Fsp3) is 0.588. The summed E-state index contributed by atoms with van der Waals surface area (Å²) in [6, 6.07) is 3.46. The summed E-state index contributed by atoms with van der Waals surface area (Å²) in [7, 11) is 3.83. The zero-order valence-electron chi connectivity index (χ0n) is 14.3. The average molecular weight is 452 g/mol. The molecule has 1 aromatic rings. The third-order valence-corrected chi connectivity index (χ3v) is 4.36. The third-order valence-electron chi connectivity index (χ3n) is 4.36. The van der Waals surface area contributed by atoms with E-state index in [0.717, 1.165) is 44.1 Å². The van der Waals surface area contributed by atoms with Gasteiger partial charge in [-0.2, -0.15) is 0 Å². The van der Waals surface area contributed by atoms with Crippen LogP contribution in [0.5, 0.6) is 0 Å². The molecule has 7 heteroatoms. The fourth-order valence-corrected chi connectivity index (χ4v) is 2.82. The number of rotatable bonds is 5. The van der Waals surface area contributed by atoms with E-state index in [4.69, 9.17) is 0 Å². The van der Waals surface area contributed by atoms with Crippen molar-refractivity contribution >= 4 is 29.9 Å². The lowest BCUT2D eigenvalue weighted by Gasteiger charge is -2.29. The lowest BCUT2D eigenvalue weighted by molar-refractivity contribution is 0.213. The number of guanidine groups is 1. The van der Waals surface area contributed by atoms with Gasteiger partial charge in [-0.25, -0.2) is 8.78 Å². The maximum Gasteiger partial charge on any atom is 0.191 e. The van der Waals surface area contributed by atoms with Crippen molar-refractivity contribution in [1.82, 2.24) is 15.5 Å². The molecule has 1 heterocycles. The Labute approximate surface area is 160 Å². The molecule has 0 atom stereocenters. The van der Waals surface area contributed by atoms with Gasteiger partial charge < -0.3 is 15.5 Å². The molecular weight excluding hydrogens is 425 g/mol. The third kappa shape index (κ3) is 6.88. The van der Waals surface area contributed by atoms with Crippen LogP contribution in [0.1, 0.15) is 24.8 Å². The number of piperidine rings is 1. The normalized spacial score (nSPS) is 16.6. The van der Waals surface area contributed by atoms with Crippen LogP contribution < -0.4 is 10.6 Å². The maximum atomic E-state index is 13.6. The topological polar surface area (TPSA) is 39.7 Å². The summed E-state index contributed by atoms with van der Waals surface area (Å²) in [6.07, 6.45) is 3.57. The molecule has 0 aromatic heterocycles. The first kappa shape index (κ1) is 21.1. The molecule has 2 rings (SSSR count). The lowest BCUT2D eigenvalue weighted by atomic mass is 9.94. The molecule has 0 spiro atoms. The van der Waals surface area contributed by atoms with Crippen molar-refractivity contribution in [2.24, 2.45) is 10.9 Å². The highest BCUT2D eigenvalue weighted by Gasteiger charge is 2.16. The molecule has 136 valence electrons. The summed E-state index contributed by atoms with van der Waals surface area (Å²) < 4.78 is 26.7. The Balaban J connectivity index is 0.00000288. The molecule has 0 radical (unpaired) electrons. The van der Waals surface area contributed by atoms with Gasteiger partial charge in [0.15, 0.2) is 5.96 Å². The van der Waals surface area contributed by atoms with Gasteiger partial charge in [-0.3, -0.25) is 4.99 Å². The summed E-state index contributed by atoms with van der Waals surface area (Å²) in [4.78, 5) is 6.48. The molecule has 1 fully saturated rings. The van der Waals surface area contributed by atoms with E-state index in [1.165, 1.54) is 18.9 Å². The second-order valence-electron chi connectivity index (χ2n) is 6.12. The molecule has 1 aliphatic heterocycles. The molecule has 1 aliphatic rings. The summed E-state index contributed by atoms with van der Waals surface area (Å²) >= 11 is 0. The highest BCUT2D eigenvalue weighted by Crippen LogP contribution is 2.18. The van der Waals surface area contributed by atoms with Gasteiger partial charge in [-0.15, -0.1) is 24.0 Å². The van der Waals surface area contributed by atoms with E-state index in [0.29, 0.717) is 11.5 Å². The van der Waals surface area contributed by atoms with Crippen molar-refractivity contribution in [2.45, 2.75) is 25.8 Å². The molecule has 0 unspecified atom stereocenters. The van der Waals surface area contributed by atoms with Gasteiger partial charge in [0.05, 0.1) is 0 Å². The highest BCUT2D eigenvalue weighted by molar-refractivity contribution is 14.0. The zero-order valence-corrected chi connectivity index (χ0v) is 16.6. The minimum absolute atomic E-state index is 0. The van der Waals surface area contributed by atoms with E-state index in [1.54, 1.807) is 7.05 Å². The van der Waals surface area contributed by atoms with Crippen LogP contribution in [-0.4, -0.2) is 44.6 Å². The Hall–Kier alpha value is -0.960. The van der Waals surface area contributed by atoms with Gasteiger partial charge in [0.25, 0.3) is 0 Å². The summed E-state index contributed by atoms with van der Waals surface area (Å²) in [6.45, 7) is 3.37. The number of nitrogens with zero attached hydrogens (tertiary/aromatic N) is 2. The monoisotopic (exact) mass is 452 g/mol. The van der Waals surface area contributed by atoms with Gasteiger partial charge in [0, 0.05) is 25.7 Å². The number of hydrogen-bond acceptors (Lipinski definition) is 2. The van der Waals surface area contributed by atoms with E-state index in [9.17, 15) is 8.78 Å². The zero-order chi connectivity index (χ0) is 16.7. The first-order valence-electron chi connectivity index (χ1n) is 8.15. The minimum Gasteiger partial charge on any atom is -0.356 e. The minimum atomic E-state index is -0.437. The average Bonchev–Trinajstić information content (AvgIpc) is 2.55. The molecule has 4 nitrogen and oxygen atoms in total. The van der Waals surface area contributed by atoms with Crippen molar-refractivity contribution in [1.29, 1.82) is 0 Å². The first-order valence-corrected chi connectivity index (χ1v) is 8.15. The van der Waals surface area contributed by atoms with Gasteiger partial charge in [0.2, 0.25) is 0 Å². The first-order chi connectivity index (χ1) is 11.1. The Morgan fingerprint density at radius 3 is 2.62 bits per heavy atom. The molecule has 0 amide bonds. The van der Waals surface area contributed by atoms with Crippen LogP contribution in [0.25, 0.3) is 0 Å². The van der Waals surface area contributed by atoms with Gasteiger partial charge in [-0.05, 0) is 63.5 Å². The van der Waals surface area contributed by atoms with Crippen molar-refractivity contribution in [3.05, 3.63) is 35.4 Å². The SMILES string of the molecule is CN=C(NCCC1CCN(C)CC1)NCc1cc(F)ccc1F.I. The van der Waals surface area contributed by atoms with Crippen LogP contribution >= 0.6 is 24.0 Å². The van der Waals surface area contributed by atoms with Crippen LogP contribution in [0.4, 0.5) is 8.78 Å². The number of likely N-dealkylation sites (tertiary alicyclic amines) is 1. The van der Waals surface area contributed by atoms with Crippen LogP contribution in [-0.2, 0) is 6.54 Å². The second kappa shape index (κ2) is 10.8. The van der Waals surface area contributed by atoms with Crippen LogP contribution in [0, 0.1) is 17.6 Å². The Bertz CT molecular complexity index is 531. The lowest BCUT2D eigenvalue weighted by Crippen LogP contribution is -2.38. The summed E-state index contributed by atoms with van der Waals surface area (Å²) in [5.74, 6) is 0.508. The maximum absolute atomic E-state index is 13.6. The highest BCUT2D eigenvalue weighted by atomic mass is 127. The molecule has 24 heavy (non-hydrogen) atoms. The van der Waals surface area contributed by atoms with Crippen LogP contribution in [0.3, 0.4) is 0 Å². The smallest absolute Gasteiger partial charge is 0.191 e. The molecule has 0 bridgehead atoms. The van der Waals surface area contributed by atoms with Crippen molar-refractivity contribution in [2.75, 3.05) is 33.7 Å². The second-order valence-corrected chi connectivity index (χ2v) is 6.12. The van der Waals surface area contributed by atoms with E-state index >= 15 is 0 Å². The van der Waals surface area contributed by atoms with E-state index in [-0.39, 0.29) is 30.5 Å². The standard InChI is InChI=1S/C17H26F2N4.HI/c1-20-17(21-8-5-13-6-9-23(2)10-7-13)22-12-14-11-15(18)3-4-16(14)19;/h3-4,11,13H,5-10,12H2,1-2H3,(H2,20,21,22);1H. The predicted octanol–water partition coefficient (Wildman–Crippen LogP) is 2.98. The number of aliphatic imine (C=N–C) groups is 1. The fourth-order valence-electron chi connectivity index (χ4n) is 2.82. The molecule has 2 N–H and O–H groups in total. The van der Waals surface area contributed by atoms with Gasteiger partial charge in [-0.1, -0.05) is 0 Å². The number of nitrogens with one attached hydrogen (secondary N) is 2. The number of benzene rings is 1. The van der Waals surface area contributed by atoms with Crippen molar-refractivity contribution in [3.8, 4) is 0 Å². The Morgan fingerprint density at radius 2 is 1.96 bits per heavy atom. The van der Waals surface area contributed by atoms with Crippen LogP contribution in [0.2, 0.25) is 0 Å². The molecule has 0 aliphatic carbocycles. The van der Waals surface area contributed by atoms with E-state index in [1.807, 2.05) is 0 Å². The molecule has 1 saturated heterocycles. The van der Waals surface area contributed by atoms with Crippen molar-refractivity contribution < 1.29 is 8.78 Å². The van der Waals surface area contributed by atoms with Crippen LogP contribution in [0.15, 0.2) is 23.2 Å². The summed E-state index contributed by atoms with van der Waals surface area (Å²) in [5, 5.41) is 6.26. The number of hydrogen-bond donors (Lipinski definition) is 2. The van der Waals surface area contributed by atoms with E-state index < -0.39 is 11.6 Å². The quantitative estimate of drug-likeness (QED) is 0.410. The molecular formula is C17H27F2IN4. The van der Waals surface area contributed by atoms with Gasteiger partial charge >= 0.3 is 0 Å². The Morgan fingerprint density at radius 1 is 1.25 bits per heavy atom. The summed E-state index contributed by atoms with van der Waals surface area (Å²) in [5.41, 5.74) is 0.295. The molecule has 1 aromatic carbocycles. The van der Waals surface area contributed by atoms with E-state index in [2.05, 4.69) is 27.6 Å². The largest absolute Gasteiger partial charge is 0.356 e. The number of halogens is 3. The van der Waals surface area contributed by atoms with Crippen molar-refractivity contribution in [3.63, 3.8) is 0 Å². The molecule has 0 saturated carbocycles. The predicted molar refractivity (Wildman–Crippen MR) is 105 cm³/mol. The van der Waals surface area contributed by atoms with Gasteiger partial charge in [0.1, 0.15) is 11.6 Å².